The van der Waals surface area contributed by atoms with Gasteiger partial charge in [-0.05, 0) is 32.0 Å². The van der Waals surface area contributed by atoms with Crippen molar-refractivity contribution in [2.45, 2.75) is 23.3 Å². The van der Waals surface area contributed by atoms with E-state index in [4.69, 9.17) is 0 Å². The van der Waals surface area contributed by atoms with Crippen LogP contribution in [-0.4, -0.2) is 66.0 Å². The zero-order valence-corrected chi connectivity index (χ0v) is 23.4. The monoisotopic (exact) mass is 571 g/mol. The zero-order chi connectivity index (χ0) is 27.2. The Morgan fingerprint density at radius 1 is 1.11 bits per heavy atom. The Morgan fingerprint density at radius 2 is 1.89 bits per heavy atom. The molecule has 0 atom stereocenters. The molecule has 2 aromatic carbocycles. The molecule has 38 heavy (non-hydrogen) atoms. The predicted octanol–water partition coefficient (Wildman–Crippen LogP) is 4.69. The van der Waals surface area contributed by atoms with E-state index in [0.717, 1.165) is 14.6 Å². The number of nitro groups is 1. The molecule has 2 heterocycles. The minimum atomic E-state index is -0.461. The number of carbonyl (C=O) groups excluding carboxylic acids is 2. The molecular formula is C24H25N7O4S3. The van der Waals surface area contributed by atoms with Crippen molar-refractivity contribution in [2.24, 2.45) is 7.05 Å². The summed E-state index contributed by atoms with van der Waals surface area (Å²) in [6, 6.07) is 11.7. The highest BCUT2D eigenvalue weighted by molar-refractivity contribution is 8.01. The number of rotatable bonds is 11. The molecule has 0 aliphatic carbocycles. The summed E-state index contributed by atoms with van der Waals surface area (Å²) in [6.45, 7) is 5.30. The van der Waals surface area contributed by atoms with E-state index < -0.39 is 4.92 Å². The molecule has 0 spiro atoms. The smallest absolute Gasteiger partial charge is 0.270 e. The molecule has 0 fully saturated rings. The first-order valence-electron chi connectivity index (χ1n) is 11.7. The third kappa shape index (κ3) is 6.49. The number of nitrogens with one attached hydrogen (secondary N) is 1. The van der Waals surface area contributed by atoms with Crippen LogP contribution in [0.3, 0.4) is 0 Å². The molecular weight excluding hydrogens is 547 g/mol. The number of carbonyl (C=O) groups is 2. The second kappa shape index (κ2) is 12.4. The fraction of sp³-hybridized carbons (Fsp3) is 0.292. The highest BCUT2D eigenvalue weighted by atomic mass is 32.2. The quantitative estimate of drug-likeness (QED) is 0.154. The number of hydrogen-bond donors (Lipinski definition) is 1. The maximum absolute atomic E-state index is 12.6. The highest BCUT2D eigenvalue weighted by Crippen LogP contribution is 2.32. The Balaban J connectivity index is 1.35. The third-order valence-corrected chi connectivity index (χ3v) is 8.74. The molecule has 0 radical (unpaired) electrons. The molecule has 198 valence electrons. The van der Waals surface area contributed by atoms with Crippen molar-refractivity contribution in [2.75, 3.05) is 29.9 Å². The van der Waals surface area contributed by atoms with Gasteiger partial charge in [0.15, 0.2) is 15.3 Å². The lowest BCUT2D eigenvalue weighted by Crippen LogP contribution is -2.31. The van der Waals surface area contributed by atoms with Crippen molar-refractivity contribution in [1.82, 2.24) is 24.6 Å². The van der Waals surface area contributed by atoms with Crippen LogP contribution in [0, 0.1) is 10.1 Å². The number of fused-ring (bicyclic) bond motifs is 1. The molecule has 0 aliphatic heterocycles. The van der Waals surface area contributed by atoms with Crippen LogP contribution in [0.2, 0.25) is 0 Å². The van der Waals surface area contributed by atoms with E-state index in [9.17, 15) is 19.7 Å². The number of non-ortho nitro benzene ring substituents is 1. The summed E-state index contributed by atoms with van der Waals surface area (Å²) in [5.74, 6) is 0.798. The average Bonchev–Trinajstić information content (AvgIpc) is 3.49. The summed E-state index contributed by atoms with van der Waals surface area (Å²) in [5.41, 5.74) is 2.00. The van der Waals surface area contributed by atoms with Gasteiger partial charge in [0.1, 0.15) is 0 Å². The number of benzene rings is 2. The van der Waals surface area contributed by atoms with Crippen molar-refractivity contribution < 1.29 is 14.5 Å². The molecule has 4 rings (SSSR count). The van der Waals surface area contributed by atoms with Gasteiger partial charge in [-0.15, -0.1) is 21.5 Å². The van der Waals surface area contributed by atoms with Crippen LogP contribution in [0.1, 0.15) is 13.8 Å². The summed E-state index contributed by atoms with van der Waals surface area (Å²) in [7, 11) is 1.75. The number of nitrogens with zero attached hydrogens (tertiary/aromatic N) is 6. The number of aromatic nitrogens is 4. The van der Waals surface area contributed by atoms with Gasteiger partial charge in [-0.1, -0.05) is 35.7 Å². The molecule has 0 unspecified atom stereocenters. The number of thiazole rings is 1. The molecule has 0 saturated carbocycles. The Hall–Kier alpha value is -3.49. The topological polar surface area (TPSA) is 136 Å². The molecule has 11 nitrogen and oxygen atoms in total. The number of thioether (sulfide) groups is 2. The average molecular weight is 572 g/mol. The van der Waals surface area contributed by atoms with Gasteiger partial charge in [-0.25, -0.2) is 4.98 Å². The Labute approximate surface area is 231 Å². The van der Waals surface area contributed by atoms with Gasteiger partial charge < -0.3 is 14.8 Å². The van der Waals surface area contributed by atoms with E-state index in [-0.39, 0.29) is 23.3 Å². The Morgan fingerprint density at radius 3 is 2.63 bits per heavy atom. The first kappa shape index (κ1) is 27.5. The molecule has 2 aromatic heterocycles. The van der Waals surface area contributed by atoms with Gasteiger partial charge in [0.2, 0.25) is 11.8 Å². The lowest BCUT2D eigenvalue weighted by atomic mass is 10.2. The number of nitro benzene ring substituents is 1. The third-order valence-electron chi connectivity index (χ3n) is 5.57. The van der Waals surface area contributed by atoms with E-state index >= 15 is 0 Å². The fourth-order valence-corrected chi connectivity index (χ4v) is 6.33. The molecule has 14 heteroatoms. The van der Waals surface area contributed by atoms with E-state index in [1.54, 1.807) is 34.7 Å². The van der Waals surface area contributed by atoms with Gasteiger partial charge in [0, 0.05) is 43.5 Å². The minimum Gasteiger partial charge on any atom is -0.343 e. The van der Waals surface area contributed by atoms with Crippen molar-refractivity contribution in [3.05, 3.63) is 52.6 Å². The van der Waals surface area contributed by atoms with Crippen LogP contribution < -0.4 is 5.32 Å². The normalized spacial score (nSPS) is 11.0. The standard InChI is InChI=1S/C24H25N7O4S3/c1-4-30(5-2)21(33)14-37-24-26-18-10-9-16(12-19(18)38-24)25-20(32)13-36-23-28-27-22(29(23)3)15-7-6-8-17(11-15)31(34)35/h6-12H,4-5,13-14H2,1-3H3,(H,25,32). The van der Waals surface area contributed by atoms with Crippen LogP contribution in [0.25, 0.3) is 21.6 Å². The van der Waals surface area contributed by atoms with Crippen molar-refractivity contribution in [3.8, 4) is 11.4 Å². The van der Waals surface area contributed by atoms with E-state index in [0.29, 0.717) is 41.1 Å². The van der Waals surface area contributed by atoms with Crippen LogP contribution >= 0.6 is 34.9 Å². The van der Waals surface area contributed by atoms with E-state index in [1.165, 1.54) is 47.0 Å². The number of hydrogen-bond acceptors (Lipinski definition) is 10. The summed E-state index contributed by atoms with van der Waals surface area (Å²) < 4.78 is 3.43. The van der Waals surface area contributed by atoms with Crippen LogP contribution in [0.4, 0.5) is 11.4 Å². The van der Waals surface area contributed by atoms with E-state index in [1.807, 2.05) is 26.0 Å². The maximum atomic E-state index is 12.6. The van der Waals surface area contributed by atoms with Crippen LogP contribution in [0.5, 0.6) is 0 Å². The van der Waals surface area contributed by atoms with Crippen molar-refractivity contribution >= 4 is 68.3 Å². The fourth-order valence-electron chi connectivity index (χ4n) is 3.61. The molecule has 0 aliphatic rings. The molecule has 2 amide bonds. The van der Waals surface area contributed by atoms with Gasteiger partial charge in [0.05, 0.1) is 26.6 Å². The summed E-state index contributed by atoms with van der Waals surface area (Å²) in [6.07, 6.45) is 0. The second-order valence-electron chi connectivity index (χ2n) is 8.03. The highest BCUT2D eigenvalue weighted by Gasteiger charge is 2.16. The second-order valence-corrected chi connectivity index (χ2v) is 11.2. The van der Waals surface area contributed by atoms with Gasteiger partial charge >= 0.3 is 0 Å². The van der Waals surface area contributed by atoms with Gasteiger partial charge in [-0.3, -0.25) is 19.7 Å². The molecule has 1 N–H and O–H groups in total. The molecule has 4 aromatic rings. The zero-order valence-electron chi connectivity index (χ0n) is 20.9. The van der Waals surface area contributed by atoms with Crippen LogP contribution in [-0.2, 0) is 16.6 Å². The molecule has 0 saturated heterocycles. The van der Waals surface area contributed by atoms with E-state index in [2.05, 4.69) is 20.5 Å². The van der Waals surface area contributed by atoms with Gasteiger partial charge in [0.25, 0.3) is 5.69 Å². The summed E-state index contributed by atoms with van der Waals surface area (Å²) >= 11 is 4.12. The molecule has 0 bridgehead atoms. The van der Waals surface area contributed by atoms with Crippen molar-refractivity contribution in [1.29, 1.82) is 0 Å². The summed E-state index contributed by atoms with van der Waals surface area (Å²) in [5, 5.41) is 22.7. The first-order valence-corrected chi connectivity index (χ1v) is 14.5. The van der Waals surface area contributed by atoms with Crippen LogP contribution in [0.15, 0.2) is 52.0 Å². The Bertz CT molecular complexity index is 1480. The maximum Gasteiger partial charge on any atom is 0.270 e. The SMILES string of the molecule is CCN(CC)C(=O)CSc1nc2ccc(NC(=O)CSc3nnc(-c4cccc([N+](=O)[O-])c4)n3C)cc2s1. The number of anilines is 1. The summed E-state index contributed by atoms with van der Waals surface area (Å²) in [4.78, 5) is 41.9. The van der Waals surface area contributed by atoms with Gasteiger partial charge in [-0.2, -0.15) is 0 Å². The van der Waals surface area contributed by atoms with Crippen molar-refractivity contribution in [3.63, 3.8) is 0 Å². The Kier molecular flexibility index (Phi) is 8.97. The largest absolute Gasteiger partial charge is 0.343 e. The first-order chi connectivity index (χ1) is 18.3. The predicted molar refractivity (Wildman–Crippen MR) is 151 cm³/mol. The lowest BCUT2D eigenvalue weighted by molar-refractivity contribution is -0.384. The minimum absolute atomic E-state index is 0.0316. The number of amides is 2. The lowest BCUT2D eigenvalue weighted by Gasteiger charge is -2.17.